The van der Waals surface area contributed by atoms with Crippen molar-refractivity contribution in [1.29, 1.82) is 0 Å². The van der Waals surface area contributed by atoms with Gasteiger partial charge in [-0.1, -0.05) is 6.07 Å². The number of carbonyl (C=O) groups is 1. The van der Waals surface area contributed by atoms with Crippen LogP contribution in [0.25, 0.3) is 10.9 Å². The third-order valence-electron chi connectivity index (χ3n) is 2.49. The first-order chi connectivity index (χ1) is 7.15. The van der Waals surface area contributed by atoms with Crippen molar-refractivity contribution in [3.8, 4) is 0 Å². The lowest BCUT2D eigenvalue weighted by molar-refractivity contribution is 0.0687. The number of hydrogen-bond donors (Lipinski definition) is 1. The summed E-state index contributed by atoms with van der Waals surface area (Å²) in [6, 6.07) is 7.60. The van der Waals surface area contributed by atoms with Gasteiger partial charge in [-0.05, 0) is 24.5 Å². The lowest BCUT2D eigenvalue weighted by Crippen LogP contribution is -2.03. The van der Waals surface area contributed by atoms with Crippen LogP contribution in [0.3, 0.4) is 0 Å². The van der Waals surface area contributed by atoms with Crippen molar-refractivity contribution in [2.75, 3.05) is 6.26 Å². The Bertz CT molecular complexity index is 531. The fourth-order valence-corrected chi connectivity index (χ4v) is 2.31. The zero-order valence-corrected chi connectivity index (χ0v) is 9.34. The van der Waals surface area contributed by atoms with Crippen molar-refractivity contribution in [2.45, 2.75) is 4.90 Å². The summed E-state index contributed by atoms with van der Waals surface area (Å²) in [7, 11) is 1.77. The summed E-state index contributed by atoms with van der Waals surface area (Å²) >= 11 is 1.63. The number of carboxylic acid groups (broad SMARTS) is 1. The maximum absolute atomic E-state index is 11.0. The molecule has 0 unspecified atom stereocenters. The van der Waals surface area contributed by atoms with Crippen LogP contribution >= 0.6 is 11.8 Å². The van der Waals surface area contributed by atoms with E-state index >= 15 is 0 Å². The van der Waals surface area contributed by atoms with Crippen molar-refractivity contribution in [3.05, 3.63) is 30.0 Å². The molecule has 0 bridgehead atoms. The monoisotopic (exact) mass is 221 g/mol. The van der Waals surface area contributed by atoms with E-state index in [2.05, 4.69) is 0 Å². The largest absolute Gasteiger partial charge is 0.477 e. The molecule has 1 N–H and O–H groups in total. The van der Waals surface area contributed by atoms with Gasteiger partial charge >= 0.3 is 5.97 Å². The van der Waals surface area contributed by atoms with Crippen LogP contribution in [-0.2, 0) is 7.05 Å². The molecule has 78 valence electrons. The van der Waals surface area contributed by atoms with Crippen LogP contribution in [0.5, 0.6) is 0 Å². The van der Waals surface area contributed by atoms with E-state index in [1.54, 1.807) is 29.4 Å². The molecule has 1 aromatic heterocycles. The zero-order chi connectivity index (χ0) is 11.0. The highest BCUT2D eigenvalue weighted by Gasteiger charge is 2.13. The number of fused-ring (bicyclic) bond motifs is 1. The van der Waals surface area contributed by atoms with Gasteiger partial charge in [0, 0.05) is 22.8 Å². The Labute approximate surface area is 91.7 Å². The SMILES string of the molecule is CSc1cccc2c1cc(C(=O)O)n2C. The zero-order valence-electron chi connectivity index (χ0n) is 8.52. The molecule has 4 heteroatoms. The van der Waals surface area contributed by atoms with Crippen molar-refractivity contribution in [3.63, 3.8) is 0 Å². The first-order valence-electron chi connectivity index (χ1n) is 4.51. The molecule has 0 atom stereocenters. The molecule has 0 aliphatic heterocycles. The first kappa shape index (κ1) is 10.1. The van der Waals surface area contributed by atoms with Gasteiger partial charge in [-0.15, -0.1) is 11.8 Å². The predicted molar refractivity (Wildman–Crippen MR) is 61.7 cm³/mol. The normalized spacial score (nSPS) is 10.8. The third kappa shape index (κ3) is 1.51. The van der Waals surface area contributed by atoms with Crippen LogP contribution in [0.15, 0.2) is 29.2 Å². The summed E-state index contributed by atoms with van der Waals surface area (Å²) in [6.45, 7) is 0. The first-order valence-corrected chi connectivity index (χ1v) is 5.73. The van der Waals surface area contributed by atoms with Gasteiger partial charge in [-0.3, -0.25) is 0 Å². The Kier molecular flexibility index (Phi) is 2.44. The Morgan fingerprint density at radius 2 is 2.20 bits per heavy atom. The summed E-state index contributed by atoms with van der Waals surface area (Å²) in [6.07, 6.45) is 1.99. The smallest absolute Gasteiger partial charge is 0.352 e. The van der Waals surface area contributed by atoms with Crippen LogP contribution in [0.4, 0.5) is 0 Å². The topological polar surface area (TPSA) is 42.2 Å². The number of aryl methyl sites for hydroxylation is 1. The van der Waals surface area contributed by atoms with E-state index in [9.17, 15) is 4.79 Å². The number of nitrogens with zero attached hydrogens (tertiary/aromatic N) is 1. The molecule has 0 aliphatic carbocycles. The minimum Gasteiger partial charge on any atom is -0.477 e. The molecule has 0 radical (unpaired) electrons. The molecule has 0 fully saturated rings. The second-order valence-corrected chi connectivity index (χ2v) is 4.13. The molecule has 3 nitrogen and oxygen atoms in total. The average molecular weight is 221 g/mol. The van der Waals surface area contributed by atoms with Gasteiger partial charge in [0.2, 0.25) is 0 Å². The average Bonchev–Trinajstić information content (AvgIpc) is 2.56. The van der Waals surface area contributed by atoms with Crippen LogP contribution in [0, 0.1) is 0 Å². The standard InChI is InChI=1S/C11H11NO2S/c1-12-8-4-3-5-10(15-2)7(8)6-9(12)11(13)14/h3-6H,1-2H3,(H,13,14). The van der Waals surface area contributed by atoms with E-state index in [0.717, 1.165) is 15.8 Å². The Hall–Kier alpha value is -1.42. The number of aromatic nitrogens is 1. The fraction of sp³-hybridized carbons (Fsp3) is 0.182. The van der Waals surface area contributed by atoms with Crippen LogP contribution in [0.2, 0.25) is 0 Å². The second kappa shape index (κ2) is 3.62. The highest BCUT2D eigenvalue weighted by molar-refractivity contribution is 7.98. The molecule has 2 aromatic rings. The Morgan fingerprint density at radius 3 is 2.80 bits per heavy atom. The molecule has 1 aromatic carbocycles. The predicted octanol–water partition coefficient (Wildman–Crippen LogP) is 2.60. The van der Waals surface area contributed by atoms with Gasteiger partial charge in [0.15, 0.2) is 0 Å². The summed E-state index contributed by atoms with van der Waals surface area (Å²) < 4.78 is 1.71. The second-order valence-electron chi connectivity index (χ2n) is 3.29. The number of aromatic carboxylic acids is 1. The lowest BCUT2D eigenvalue weighted by atomic mass is 10.2. The van der Waals surface area contributed by atoms with Crippen molar-refractivity contribution < 1.29 is 9.90 Å². The van der Waals surface area contributed by atoms with E-state index < -0.39 is 5.97 Å². The minimum absolute atomic E-state index is 0.325. The molecule has 15 heavy (non-hydrogen) atoms. The van der Waals surface area contributed by atoms with Crippen molar-refractivity contribution >= 4 is 28.6 Å². The maximum Gasteiger partial charge on any atom is 0.352 e. The highest BCUT2D eigenvalue weighted by Crippen LogP contribution is 2.28. The molecule has 0 saturated heterocycles. The number of rotatable bonds is 2. The summed E-state index contributed by atoms with van der Waals surface area (Å²) in [4.78, 5) is 12.1. The van der Waals surface area contributed by atoms with E-state index in [-0.39, 0.29) is 0 Å². The summed E-state index contributed by atoms with van der Waals surface area (Å²) in [5.74, 6) is -0.888. The molecular weight excluding hydrogens is 210 g/mol. The minimum atomic E-state index is -0.888. The van der Waals surface area contributed by atoms with Crippen LogP contribution in [0.1, 0.15) is 10.5 Å². The fourth-order valence-electron chi connectivity index (χ4n) is 1.72. The van der Waals surface area contributed by atoms with Gasteiger partial charge in [0.05, 0.1) is 0 Å². The van der Waals surface area contributed by atoms with E-state index in [1.165, 1.54) is 0 Å². The molecule has 0 saturated carbocycles. The summed E-state index contributed by atoms with van der Waals surface area (Å²) in [5, 5.41) is 10.0. The van der Waals surface area contributed by atoms with Gasteiger partial charge in [0.1, 0.15) is 5.69 Å². The highest BCUT2D eigenvalue weighted by atomic mass is 32.2. The Morgan fingerprint density at radius 1 is 1.47 bits per heavy atom. The number of thioether (sulfide) groups is 1. The Balaban J connectivity index is 2.81. The number of carboxylic acids is 1. The summed E-state index contributed by atoms with van der Waals surface area (Å²) in [5.41, 5.74) is 1.28. The van der Waals surface area contributed by atoms with Gasteiger partial charge in [-0.2, -0.15) is 0 Å². The van der Waals surface area contributed by atoms with E-state index in [0.29, 0.717) is 5.69 Å². The molecular formula is C11H11NO2S. The third-order valence-corrected chi connectivity index (χ3v) is 3.28. The van der Waals surface area contributed by atoms with Crippen LogP contribution < -0.4 is 0 Å². The number of hydrogen-bond acceptors (Lipinski definition) is 2. The van der Waals surface area contributed by atoms with Gasteiger partial charge in [-0.25, -0.2) is 4.79 Å². The molecule has 0 spiro atoms. The van der Waals surface area contributed by atoms with Crippen molar-refractivity contribution in [1.82, 2.24) is 4.57 Å². The number of benzene rings is 1. The molecule has 1 heterocycles. The quantitative estimate of drug-likeness (QED) is 0.792. The molecule has 0 aliphatic rings. The molecule has 2 rings (SSSR count). The van der Waals surface area contributed by atoms with E-state index in [4.69, 9.17) is 5.11 Å². The lowest BCUT2D eigenvalue weighted by Gasteiger charge is -2.00. The van der Waals surface area contributed by atoms with Crippen LogP contribution in [-0.4, -0.2) is 21.9 Å². The maximum atomic E-state index is 11.0. The van der Waals surface area contributed by atoms with E-state index in [1.807, 2.05) is 24.5 Å². The van der Waals surface area contributed by atoms with Gasteiger partial charge < -0.3 is 9.67 Å². The van der Waals surface area contributed by atoms with Gasteiger partial charge in [0.25, 0.3) is 0 Å². The van der Waals surface area contributed by atoms with Crippen molar-refractivity contribution in [2.24, 2.45) is 7.05 Å². The molecule has 0 amide bonds.